The number of piperidine rings is 1. The van der Waals surface area contributed by atoms with Crippen molar-refractivity contribution in [1.29, 1.82) is 0 Å². The standard InChI is InChI=1S/C38H46N4O4S.2ClH/c1-39(2)28-17-20-41(21-18-28)31-16-13-29(42-19-7-10-34(42)43)22-27(31)24-46-30-14-11-26(12-15-30)36-35(25-8-5-4-6-9-25)37-32(40(36)3)23-33(47-37)38(44)45;;/h11-16,22-23,25,28H,4-10,17-21,24H2,1-3H3,(H,44,45);2*1H. The smallest absolute Gasteiger partial charge is 0.345 e. The van der Waals surface area contributed by atoms with E-state index in [1.54, 1.807) is 0 Å². The summed E-state index contributed by atoms with van der Waals surface area (Å²) in [5, 5.41) is 9.72. The quantitative estimate of drug-likeness (QED) is 0.186. The normalized spacial score (nSPS) is 17.4. The molecule has 3 aliphatic rings. The Morgan fingerprint density at radius 3 is 2.29 bits per heavy atom. The maximum atomic E-state index is 12.6. The molecular weight excluding hydrogens is 679 g/mol. The fourth-order valence-corrected chi connectivity index (χ4v) is 9.19. The Morgan fingerprint density at radius 1 is 0.939 bits per heavy atom. The number of carboxylic acids is 1. The van der Waals surface area contributed by atoms with E-state index < -0.39 is 5.97 Å². The third-order valence-corrected chi connectivity index (χ3v) is 11.8. The van der Waals surface area contributed by atoms with Crippen LogP contribution >= 0.6 is 36.2 Å². The van der Waals surface area contributed by atoms with Crippen LogP contribution in [-0.2, 0) is 18.4 Å². The summed E-state index contributed by atoms with van der Waals surface area (Å²) in [7, 11) is 6.40. The molecule has 7 rings (SSSR count). The number of hydrogen-bond acceptors (Lipinski definition) is 6. The lowest BCUT2D eigenvalue weighted by Crippen LogP contribution is -2.42. The number of aryl methyl sites for hydroxylation is 1. The summed E-state index contributed by atoms with van der Waals surface area (Å²) in [5.41, 5.74) is 7.87. The van der Waals surface area contributed by atoms with Crippen molar-refractivity contribution >= 4 is 69.6 Å². The summed E-state index contributed by atoms with van der Waals surface area (Å²) < 4.78 is 9.78. The van der Waals surface area contributed by atoms with Gasteiger partial charge in [0.05, 0.1) is 15.9 Å². The monoisotopic (exact) mass is 726 g/mol. The van der Waals surface area contributed by atoms with Crippen molar-refractivity contribution in [2.24, 2.45) is 7.05 Å². The lowest BCUT2D eigenvalue weighted by atomic mass is 9.83. The first-order valence-electron chi connectivity index (χ1n) is 17.2. The molecule has 0 bridgehead atoms. The van der Waals surface area contributed by atoms with Crippen LogP contribution in [-0.4, -0.2) is 66.2 Å². The molecule has 2 aromatic carbocycles. The molecule has 1 saturated carbocycles. The number of carbonyl (C=O) groups is 2. The number of thiophene rings is 1. The van der Waals surface area contributed by atoms with Gasteiger partial charge in [-0.1, -0.05) is 19.3 Å². The van der Waals surface area contributed by atoms with E-state index in [0.717, 1.165) is 84.5 Å². The van der Waals surface area contributed by atoms with Crippen LogP contribution in [0.2, 0.25) is 0 Å². The molecule has 2 aliphatic heterocycles. The van der Waals surface area contributed by atoms with Gasteiger partial charge >= 0.3 is 5.97 Å². The molecule has 4 aromatic rings. The number of ether oxygens (including phenoxy) is 1. The zero-order valence-electron chi connectivity index (χ0n) is 28.7. The van der Waals surface area contributed by atoms with Gasteiger partial charge in [0.1, 0.15) is 17.2 Å². The first-order valence-corrected chi connectivity index (χ1v) is 18.0. The predicted molar refractivity (Wildman–Crippen MR) is 205 cm³/mol. The Bertz CT molecular complexity index is 1770. The van der Waals surface area contributed by atoms with Gasteiger partial charge in [-0.25, -0.2) is 4.79 Å². The van der Waals surface area contributed by atoms with E-state index in [4.69, 9.17) is 4.74 Å². The van der Waals surface area contributed by atoms with Crippen molar-refractivity contribution in [3.05, 3.63) is 64.5 Å². The van der Waals surface area contributed by atoms with Gasteiger partial charge in [-0.05, 0) is 112 Å². The second-order valence-corrected chi connectivity index (χ2v) is 14.8. The van der Waals surface area contributed by atoms with Gasteiger partial charge in [-0.2, -0.15) is 0 Å². The first-order chi connectivity index (χ1) is 22.8. The van der Waals surface area contributed by atoms with Crippen LogP contribution in [0, 0.1) is 0 Å². The predicted octanol–water partition coefficient (Wildman–Crippen LogP) is 8.73. The van der Waals surface area contributed by atoms with Crippen molar-refractivity contribution in [2.75, 3.05) is 43.5 Å². The molecule has 264 valence electrons. The number of anilines is 2. The minimum absolute atomic E-state index is 0. The number of amides is 1. The number of carboxylic acid groups (broad SMARTS) is 1. The third kappa shape index (κ3) is 7.46. The van der Waals surface area contributed by atoms with E-state index >= 15 is 0 Å². The molecule has 2 saturated heterocycles. The van der Waals surface area contributed by atoms with Crippen LogP contribution in [0.4, 0.5) is 11.4 Å². The summed E-state index contributed by atoms with van der Waals surface area (Å²) in [6.07, 6.45) is 9.75. The minimum Gasteiger partial charge on any atom is -0.489 e. The minimum atomic E-state index is -0.859. The van der Waals surface area contributed by atoms with Crippen LogP contribution in [0.1, 0.15) is 84.5 Å². The molecule has 49 heavy (non-hydrogen) atoms. The second-order valence-electron chi connectivity index (χ2n) is 13.7. The number of aromatic nitrogens is 1. The average Bonchev–Trinajstić information content (AvgIpc) is 3.79. The molecule has 1 N–H and O–H groups in total. The van der Waals surface area contributed by atoms with Crippen LogP contribution in [0.3, 0.4) is 0 Å². The van der Waals surface area contributed by atoms with Crippen molar-refractivity contribution in [3.63, 3.8) is 0 Å². The number of aromatic carboxylic acids is 1. The Labute approximate surface area is 305 Å². The highest BCUT2D eigenvalue weighted by atomic mass is 35.5. The molecule has 1 amide bonds. The molecule has 8 nitrogen and oxygen atoms in total. The van der Waals surface area contributed by atoms with E-state index in [2.05, 4.69) is 78.0 Å². The van der Waals surface area contributed by atoms with Gasteiger partial charge in [-0.15, -0.1) is 36.2 Å². The van der Waals surface area contributed by atoms with E-state index in [9.17, 15) is 14.7 Å². The molecule has 1 aliphatic carbocycles. The molecule has 3 fully saturated rings. The summed E-state index contributed by atoms with van der Waals surface area (Å²) in [6, 6.07) is 17.3. The molecule has 0 atom stereocenters. The molecule has 11 heteroatoms. The highest BCUT2D eigenvalue weighted by Gasteiger charge is 2.29. The number of halogens is 2. The number of hydrogen-bond donors (Lipinski definition) is 1. The first kappa shape index (κ1) is 37.0. The highest BCUT2D eigenvalue weighted by Crippen LogP contribution is 2.46. The van der Waals surface area contributed by atoms with Gasteiger partial charge in [0, 0.05) is 56.1 Å². The fraction of sp³-hybridized carbons (Fsp3) is 0.474. The average molecular weight is 728 g/mol. The van der Waals surface area contributed by atoms with Crippen LogP contribution in [0.5, 0.6) is 5.75 Å². The van der Waals surface area contributed by atoms with Gasteiger partial charge in [-0.3, -0.25) is 4.79 Å². The van der Waals surface area contributed by atoms with Gasteiger partial charge in [0.15, 0.2) is 0 Å². The third-order valence-electron chi connectivity index (χ3n) is 10.6. The Kier molecular flexibility index (Phi) is 11.9. The molecule has 2 aromatic heterocycles. The van der Waals surface area contributed by atoms with E-state index in [-0.39, 0.29) is 30.7 Å². The fourth-order valence-electron chi connectivity index (χ4n) is 8.04. The number of nitrogens with zero attached hydrogens (tertiary/aromatic N) is 4. The van der Waals surface area contributed by atoms with Crippen molar-refractivity contribution in [2.45, 2.75) is 76.4 Å². The Balaban J connectivity index is 0.00000234. The lowest BCUT2D eigenvalue weighted by molar-refractivity contribution is -0.117. The summed E-state index contributed by atoms with van der Waals surface area (Å²) >= 11 is 1.41. The number of rotatable bonds is 9. The molecule has 0 radical (unpaired) electrons. The van der Waals surface area contributed by atoms with E-state index in [1.807, 2.05) is 11.0 Å². The van der Waals surface area contributed by atoms with Gasteiger partial charge in [0.25, 0.3) is 0 Å². The molecular formula is C38H48Cl2N4O4S. The molecule has 0 spiro atoms. The lowest BCUT2D eigenvalue weighted by Gasteiger charge is -2.37. The van der Waals surface area contributed by atoms with Gasteiger partial charge in [0.2, 0.25) is 5.91 Å². The Hall–Kier alpha value is -3.24. The maximum Gasteiger partial charge on any atom is 0.345 e. The van der Waals surface area contributed by atoms with Crippen LogP contribution < -0.4 is 14.5 Å². The number of fused-ring (bicyclic) bond motifs is 1. The topological polar surface area (TPSA) is 78.2 Å². The van der Waals surface area contributed by atoms with Crippen molar-refractivity contribution in [1.82, 2.24) is 9.47 Å². The number of benzene rings is 2. The zero-order valence-corrected chi connectivity index (χ0v) is 31.1. The van der Waals surface area contributed by atoms with Crippen LogP contribution in [0.15, 0.2) is 48.5 Å². The van der Waals surface area contributed by atoms with Gasteiger partial charge < -0.3 is 29.1 Å². The SMILES string of the molecule is CN(C)C1CCN(c2ccc(N3CCCC3=O)cc2COc2ccc(-c3c(C4CCCCC4)c4sc(C(=O)O)cc4n3C)cc2)CC1.Cl.Cl. The van der Waals surface area contributed by atoms with E-state index in [0.29, 0.717) is 29.9 Å². The van der Waals surface area contributed by atoms with E-state index in [1.165, 1.54) is 47.5 Å². The summed E-state index contributed by atoms with van der Waals surface area (Å²) in [5.74, 6) is 0.577. The van der Waals surface area contributed by atoms with Crippen LogP contribution in [0.25, 0.3) is 21.5 Å². The summed E-state index contributed by atoms with van der Waals surface area (Å²) in [6.45, 7) is 3.19. The summed E-state index contributed by atoms with van der Waals surface area (Å²) in [4.78, 5) is 31.5. The maximum absolute atomic E-state index is 12.6. The highest BCUT2D eigenvalue weighted by molar-refractivity contribution is 7.21. The van der Waals surface area contributed by atoms with Crippen molar-refractivity contribution in [3.8, 4) is 17.0 Å². The molecule has 0 unspecified atom stereocenters. The molecule has 4 heterocycles. The number of carbonyl (C=O) groups excluding carboxylic acids is 1. The second kappa shape index (κ2) is 15.8. The largest absolute Gasteiger partial charge is 0.489 e. The zero-order chi connectivity index (χ0) is 32.7. The van der Waals surface area contributed by atoms with Crippen molar-refractivity contribution < 1.29 is 19.4 Å². The Morgan fingerprint density at radius 2 is 1.65 bits per heavy atom.